The van der Waals surface area contributed by atoms with Gasteiger partial charge >= 0.3 is 0 Å². The summed E-state index contributed by atoms with van der Waals surface area (Å²) in [5, 5.41) is 9.03. The second-order valence-electron chi connectivity index (χ2n) is 4.88. The molecule has 0 radical (unpaired) electrons. The van der Waals surface area contributed by atoms with E-state index in [-0.39, 0.29) is 0 Å². The van der Waals surface area contributed by atoms with Crippen molar-refractivity contribution in [1.82, 2.24) is 0 Å². The van der Waals surface area contributed by atoms with E-state index in [4.69, 9.17) is 5.11 Å². The lowest BCUT2D eigenvalue weighted by Gasteiger charge is -2.14. The minimum atomic E-state index is 0.333. The van der Waals surface area contributed by atoms with Crippen LogP contribution in [0.2, 0.25) is 0 Å². The third kappa shape index (κ3) is 5.36. The van der Waals surface area contributed by atoms with Gasteiger partial charge in [-0.3, -0.25) is 0 Å². The topological polar surface area (TPSA) is 20.2 Å². The molecule has 0 fully saturated rings. The number of hydrogen-bond donors (Lipinski definition) is 1. The Kier molecular flexibility index (Phi) is 6.95. The molecule has 0 spiro atoms. The molecular weight excluding hydrogens is 208 g/mol. The monoisotopic (exact) mass is 234 g/mol. The van der Waals surface area contributed by atoms with Crippen LogP contribution in [0.25, 0.3) is 0 Å². The molecule has 0 amide bonds. The van der Waals surface area contributed by atoms with Gasteiger partial charge in [-0.15, -0.1) is 0 Å². The van der Waals surface area contributed by atoms with Gasteiger partial charge in [0.2, 0.25) is 0 Å². The fourth-order valence-electron chi connectivity index (χ4n) is 2.34. The minimum absolute atomic E-state index is 0.333. The van der Waals surface area contributed by atoms with Gasteiger partial charge in [-0.25, -0.2) is 0 Å². The molecule has 0 aliphatic carbocycles. The molecule has 1 rings (SSSR count). The third-order valence-electron chi connectivity index (χ3n) is 3.51. The maximum absolute atomic E-state index is 9.03. The molecule has 17 heavy (non-hydrogen) atoms. The molecule has 1 atom stereocenters. The van der Waals surface area contributed by atoms with Crippen molar-refractivity contribution in [3.8, 4) is 0 Å². The van der Waals surface area contributed by atoms with Crippen molar-refractivity contribution < 1.29 is 5.11 Å². The Morgan fingerprint density at radius 2 is 1.59 bits per heavy atom. The molecule has 0 heterocycles. The molecule has 1 aromatic rings. The molecule has 1 N–H and O–H groups in total. The minimum Gasteiger partial charge on any atom is -0.396 e. The lowest BCUT2D eigenvalue weighted by molar-refractivity contribution is 0.246. The third-order valence-corrected chi connectivity index (χ3v) is 3.51. The Hall–Kier alpha value is -0.820. The zero-order valence-corrected chi connectivity index (χ0v) is 11.3. The van der Waals surface area contributed by atoms with Gasteiger partial charge in [0.05, 0.1) is 0 Å². The van der Waals surface area contributed by atoms with Crippen LogP contribution >= 0.6 is 0 Å². The first kappa shape index (κ1) is 14.2. The van der Waals surface area contributed by atoms with Gasteiger partial charge < -0.3 is 5.11 Å². The SMILES string of the molecule is CCCC(CCO)CCc1ccc(CC)cc1. The summed E-state index contributed by atoms with van der Waals surface area (Å²) in [7, 11) is 0. The zero-order chi connectivity index (χ0) is 12.5. The number of aliphatic hydroxyl groups excluding tert-OH is 1. The molecule has 0 saturated carbocycles. The van der Waals surface area contributed by atoms with E-state index in [2.05, 4.69) is 38.1 Å². The first-order valence-electron chi connectivity index (χ1n) is 6.98. The highest BCUT2D eigenvalue weighted by Crippen LogP contribution is 2.18. The highest BCUT2D eigenvalue weighted by molar-refractivity contribution is 5.22. The molecular formula is C16H26O. The molecule has 0 aliphatic heterocycles. The quantitative estimate of drug-likeness (QED) is 0.721. The summed E-state index contributed by atoms with van der Waals surface area (Å²) < 4.78 is 0. The fraction of sp³-hybridized carbons (Fsp3) is 0.625. The molecule has 0 saturated heterocycles. The summed E-state index contributed by atoms with van der Waals surface area (Å²) in [4.78, 5) is 0. The van der Waals surface area contributed by atoms with E-state index in [1.54, 1.807) is 0 Å². The number of rotatable bonds is 8. The fourth-order valence-corrected chi connectivity index (χ4v) is 2.34. The van der Waals surface area contributed by atoms with E-state index in [9.17, 15) is 0 Å². The molecule has 0 aliphatic rings. The Morgan fingerprint density at radius 3 is 2.12 bits per heavy atom. The van der Waals surface area contributed by atoms with Crippen LogP contribution in [0.15, 0.2) is 24.3 Å². The van der Waals surface area contributed by atoms with E-state index in [1.807, 2.05) is 0 Å². The lowest BCUT2D eigenvalue weighted by atomic mass is 9.92. The molecule has 1 unspecified atom stereocenters. The number of aliphatic hydroxyl groups is 1. The van der Waals surface area contributed by atoms with Crippen molar-refractivity contribution in [3.05, 3.63) is 35.4 Å². The van der Waals surface area contributed by atoms with Gasteiger partial charge in [0, 0.05) is 6.61 Å². The Labute approximate surface area is 106 Å². The van der Waals surface area contributed by atoms with E-state index in [1.165, 1.54) is 30.4 Å². The summed E-state index contributed by atoms with van der Waals surface area (Å²) in [5.74, 6) is 0.691. The number of aryl methyl sites for hydroxylation is 2. The molecule has 0 bridgehead atoms. The van der Waals surface area contributed by atoms with Crippen molar-refractivity contribution in [2.75, 3.05) is 6.61 Å². The predicted octanol–water partition coefficient (Wildman–Crippen LogP) is 3.98. The van der Waals surface area contributed by atoms with E-state index in [0.717, 1.165) is 19.3 Å². The van der Waals surface area contributed by atoms with Gasteiger partial charge in [0.25, 0.3) is 0 Å². The van der Waals surface area contributed by atoms with Gasteiger partial charge in [-0.05, 0) is 42.7 Å². The van der Waals surface area contributed by atoms with Gasteiger partial charge in [0.15, 0.2) is 0 Å². The second kappa shape index (κ2) is 8.30. The molecule has 96 valence electrons. The van der Waals surface area contributed by atoms with E-state index >= 15 is 0 Å². The van der Waals surface area contributed by atoms with E-state index in [0.29, 0.717) is 12.5 Å². The van der Waals surface area contributed by atoms with E-state index < -0.39 is 0 Å². The number of hydrogen-bond acceptors (Lipinski definition) is 1. The Bertz CT molecular complexity index is 283. The average molecular weight is 234 g/mol. The van der Waals surface area contributed by atoms with Crippen molar-refractivity contribution in [1.29, 1.82) is 0 Å². The van der Waals surface area contributed by atoms with Crippen LogP contribution in [0, 0.1) is 5.92 Å². The van der Waals surface area contributed by atoms with Crippen LogP contribution < -0.4 is 0 Å². The average Bonchev–Trinajstić information content (AvgIpc) is 2.37. The van der Waals surface area contributed by atoms with Crippen LogP contribution in [0.5, 0.6) is 0 Å². The summed E-state index contributed by atoms with van der Waals surface area (Å²) in [6.45, 7) is 4.74. The normalized spacial score (nSPS) is 12.6. The maximum Gasteiger partial charge on any atom is 0.0433 e. The molecule has 1 heteroatoms. The second-order valence-corrected chi connectivity index (χ2v) is 4.88. The van der Waals surface area contributed by atoms with Crippen LogP contribution in [0.1, 0.15) is 50.7 Å². The summed E-state index contributed by atoms with van der Waals surface area (Å²) in [5.41, 5.74) is 2.84. The largest absolute Gasteiger partial charge is 0.396 e. The number of benzene rings is 1. The summed E-state index contributed by atoms with van der Waals surface area (Å²) >= 11 is 0. The van der Waals surface area contributed by atoms with Crippen molar-refractivity contribution in [2.45, 2.75) is 52.4 Å². The summed E-state index contributed by atoms with van der Waals surface area (Å²) in [6.07, 6.45) is 6.89. The van der Waals surface area contributed by atoms with Crippen molar-refractivity contribution >= 4 is 0 Å². The van der Waals surface area contributed by atoms with Crippen LogP contribution in [0.3, 0.4) is 0 Å². The van der Waals surface area contributed by atoms with Gasteiger partial charge in [0.1, 0.15) is 0 Å². The Balaban J connectivity index is 2.41. The van der Waals surface area contributed by atoms with Gasteiger partial charge in [-0.1, -0.05) is 51.0 Å². The first-order valence-corrected chi connectivity index (χ1v) is 6.98. The van der Waals surface area contributed by atoms with Crippen molar-refractivity contribution in [3.63, 3.8) is 0 Å². The highest BCUT2D eigenvalue weighted by Gasteiger charge is 2.07. The zero-order valence-electron chi connectivity index (χ0n) is 11.3. The molecule has 1 aromatic carbocycles. The molecule has 0 aromatic heterocycles. The van der Waals surface area contributed by atoms with Crippen molar-refractivity contribution in [2.24, 2.45) is 5.92 Å². The lowest BCUT2D eigenvalue weighted by Crippen LogP contribution is -2.04. The standard InChI is InChI=1S/C16H26O/c1-3-5-15(12-13-17)10-11-16-8-6-14(4-2)7-9-16/h6-9,15,17H,3-5,10-13H2,1-2H3. The van der Waals surface area contributed by atoms with Gasteiger partial charge in [-0.2, -0.15) is 0 Å². The summed E-state index contributed by atoms with van der Waals surface area (Å²) in [6, 6.07) is 8.97. The van der Waals surface area contributed by atoms with Crippen LogP contribution in [0.4, 0.5) is 0 Å². The maximum atomic E-state index is 9.03. The predicted molar refractivity (Wildman–Crippen MR) is 74.2 cm³/mol. The first-order chi connectivity index (χ1) is 8.30. The molecule has 1 nitrogen and oxygen atoms in total. The van der Waals surface area contributed by atoms with Crippen LogP contribution in [-0.2, 0) is 12.8 Å². The Morgan fingerprint density at radius 1 is 0.941 bits per heavy atom. The van der Waals surface area contributed by atoms with Crippen LogP contribution in [-0.4, -0.2) is 11.7 Å². The highest BCUT2D eigenvalue weighted by atomic mass is 16.3. The smallest absolute Gasteiger partial charge is 0.0433 e.